The van der Waals surface area contributed by atoms with Gasteiger partial charge in [0.15, 0.2) is 0 Å². The Balaban J connectivity index is 1.51. The molecule has 32 heavy (non-hydrogen) atoms. The number of nitrogens with two attached hydrogens (primary N) is 1. The van der Waals surface area contributed by atoms with Crippen molar-refractivity contribution in [2.24, 2.45) is 5.73 Å². The minimum atomic E-state index is -0.517. The van der Waals surface area contributed by atoms with E-state index in [1.807, 2.05) is 49.4 Å². The van der Waals surface area contributed by atoms with E-state index < -0.39 is 5.91 Å². The van der Waals surface area contributed by atoms with Gasteiger partial charge in [0.2, 0.25) is 5.91 Å². The van der Waals surface area contributed by atoms with Crippen LogP contribution in [0, 0.1) is 6.92 Å². The Kier molecular flexibility index (Phi) is 5.89. The lowest BCUT2D eigenvalue weighted by Gasteiger charge is -2.11. The van der Waals surface area contributed by atoms with Crippen LogP contribution in [0.15, 0.2) is 84.9 Å². The molecule has 0 fully saturated rings. The number of nitrogens with zero attached hydrogens (tertiary/aromatic N) is 2. The zero-order valence-corrected chi connectivity index (χ0v) is 17.4. The number of rotatable bonds is 6. The van der Waals surface area contributed by atoms with Crippen LogP contribution in [0.3, 0.4) is 0 Å². The number of anilines is 3. The van der Waals surface area contributed by atoms with Gasteiger partial charge in [-0.1, -0.05) is 36.4 Å². The van der Waals surface area contributed by atoms with Gasteiger partial charge in [-0.2, -0.15) is 0 Å². The molecule has 3 aromatic carbocycles. The monoisotopic (exact) mass is 423 g/mol. The predicted octanol–water partition coefficient (Wildman–Crippen LogP) is 4.55. The van der Waals surface area contributed by atoms with E-state index in [1.165, 1.54) is 0 Å². The normalized spacial score (nSPS) is 10.4. The van der Waals surface area contributed by atoms with Crippen LogP contribution in [-0.2, 0) is 0 Å². The third kappa shape index (κ3) is 4.96. The number of hydrogen-bond acceptors (Lipinski definition) is 5. The molecule has 0 bridgehead atoms. The maximum Gasteiger partial charge on any atom is 0.255 e. The standard InChI is InChI=1S/C25H21N5O2/c1-16-27-22(17-6-3-2-4-7-17)15-23(28-16)29-21-9-5-8-19(14-21)25(32)30-20-12-10-18(11-13-20)24(26)31/h2-15H,1H3,(H2,26,31)(H,30,32)(H,27,28,29). The second kappa shape index (κ2) is 9.09. The summed E-state index contributed by atoms with van der Waals surface area (Å²) < 4.78 is 0. The molecule has 158 valence electrons. The molecular formula is C25H21N5O2. The van der Waals surface area contributed by atoms with Crippen molar-refractivity contribution in [3.63, 3.8) is 0 Å². The first-order valence-corrected chi connectivity index (χ1v) is 9.97. The van der Waals surface area contributed by atoms with Crippen LogP contribution in [0.2, 0.25) is 0 Å². The predicted molar refractivity (Wildman–Crippen MR) is 125 cm³/mol. The molecule has 2 amide bonds. The lowest BCUT2D eigenvalue weighted by atomic mass is 10.1. The summed E-state index contributed by atoms with van der Waals surface area (Å²) in [6.45, 7) is 1.84. The molecule has 0 aliphatic carbocycles. The maximum atomic E-state index is 12.7. The van der Waals surface area contributed by atoms with E-state index in [4.69, 9.17) is 5.73 Å². The van der Waals surface area contributed by atoms with Gasteiger partial charge < -0.3 is 16.4 Å². The Hall–Kier alpha value is -4.52. The largest absolute Gasteiger partial charge is 0.366 e. The molecule has 4 aromatic rings. The van der Waals surface area contributed by atoms with Gasteiger partial charge in [0, 0.05) is 34.1 Å². The highest BCUT2D eigenvalue weighted by molar-refractivity contribution is 6.05. The summed E-state index contributed by atoms with van der Waals surface area (Å²) in [7, 11) is 0. The average Bonchev–Trinajstić information content (AvgIpc) is 2.80. The molecular weight excluding hydrogens is 402 g/mol. The number of aromatic nitrogens is 2. The van der Waals surface area contributed by atoms with E-state index in [9.17, 15) is 9.59 Å². The van der Waals surface area contributed by atoms with Crippen molar-refractivity contribution in [3.05, 3.63) is 102 Å². The minimum Gasteiger partial charge on any atom is -0.366 e. The zero-order valence-electron chi connectivity index (χ0n) is 17.4. The van der Waals surface area contributed by atoms with Crippen molar-refractivity contribution in [1.82, 2.24) is 9.97 Å². The molecule has 0 radical (unpaired) electrons. The second-order valence-electron chi connectivity index (χ2n) is 7.15. The summed E-state index contributed by atoms with van der Waals surface area (Å²) in [5.41, 5.74) is 9.20. The number of nitrogens with one attached hydrogen (secondary N) is 2. The lowest BCUT2D eigenvalue weighted by molar-refractivity contribution is 0.0998. The number of aryl methyl sites for hydroxylation is 1. The molecule has 0 unspecified atom stereocenters. The van der Waals surface area contributed by atoms with E-state index in [0.717, 1.165) is 16.9 Å². The Morgan fingerprint density at radius 3 is 2.25 bits per heavy atom. The van der Waals surface area contributed by atoms with Crippen LogP contribution in [-0.4, -0.2) is 21.8 Å². The molecule has 0 aliphatic rings. The van der Waals surface area contributed by atoms with E-state index >= 15 is 0 Å². The van der Waals surface area contributed by atoms with Crippen LogP contribution in [0.5, 0.6) is 0 Å². The van der Waals surface area contributed by atoms with Crippen LogP contribution in [0.25, 0.3) is 11.3 Å². The summed E-state index contributed by atoms with van der Waals surface area (Å²) >= 11 is 0. The quantitative estimate of drug-likeness (QED) is 0.421. The first-order chi connectivity index (χ1) is 15.5. The summed E-state index contributed by atoms with van der Waals surface area (Å²) in [6.07, 6.45) is 0. The summed E-state index contributed by atoms with van der Waals surface area (Å²) in [4.78, 5) is 32.8. The Bertz CT molecular complexity index is 1270. The third-order valence-corrected chi connectivity index (χ3v) is 4.73. The summed E-state index contributed by atoms with van der Waals surface area (Å²) in [5, 5.41) is 6.06. The Morgan fingerprint density at radius 2 is 1.53 bits per heavy atom. The Morgan fingerprint density at radius 1 is 0.781 bits per heavy atom. The van der Waals surface area contributed by atoms with Gasteiger partial charge in [0.25, 0.3) is 5.91 Å². The Labute approximate surface area is 185 Å². The molecule has 0 atom stereocenters. The van der Waals surface area contributed by atoms with Crippen molar-refractivity contribution < 1.29 is 9.59 Å². The molecule has 4 N–H and O–H groups in total. The van der Waals surface area contributed by atoms with E-state index in [0.29, 0.717) is 28.5 Å². The number of primary amides is 1. The van der Waals surface area contributed by atoms with Crippen molar-refractivity contribution >= 4 is 29.0 Å². The highest BCUT2D eigenvalue weighted by Gasteiger charge is 2.09. The van der Waals surface area contributed by atoms with Gasteiger partial charge >= 0.3 is 0 Å². The number of benzene rings is 3. The molecule has 1 heterocycles. The van der Waals surface area contributed by atoms with Crippen LogP contribution >= 0.6 is 0 Å². The zero-order chi connectivity index (χ0) is 22.5. The van der Waals surface area contributed by atoms with Gasteiger partial charge in [-0.25, -0.2) is 9.97 Å². The minimum absolute atomic E-state index is 0.274. The van der Waals surface area contributed by atoms with Gasteiger partial charge in [0.05, 0.1) is 5.69 Å². The molecule has 0 saturated carbocycles. The van der Waals surface area contributed by atoms with E-state index in [1.54, 1.807) is 42.5 Å². The highest BCUT2D eigenvalue weighted by Crippen LogP contribution is 2.23. The molecule has 7 nitrogen and oxygen atoms in total. The lowest BCUT2D eigenvalue weighted by Crippen LogP contribution is -2.13. The van der Waals surface area contributed by atoms with Crippen molar-refractivity contribution in [1.29, 1.82) is 0 Å². The fourth-order valence-corrected chi connectivity index (χ4v) is 3.20. The third-order valence-electron chi connectivity index (χ3n) is 4.73. The maximum absolute atomic E-state index is 12.7. The van der Waals surface area contributed by atoms with Gasteiger partial charge in [-0.3, -0.25) is 9.59 Å². The first-order valence-electron chi connectivity index (χ1n) is 9.97. The van der Waals surface area contributed by atoms with E-state index in [2.05, 4.69) is 20.6 Å². The number of carbonyl (C=O) groups is 2. The molecule has 7 heteroatoms. The topological polar surface area (TPSA) is 110 Å². The molecule has 0 spiro atoms. The summed E-state index contributed by atoms with van der Waals surface area (Å²) in [6, 6.07) is 25.3. The molecule has 0 aliphatic heterocycles. The van der Waals surface area contributed by atoms with E-state index in [-0.39, 0.29) is 5.91 Å². The van der Waals surface area contributed by atoms with Gasteiger partial charge in [-0.15, -0.1) is 0 Å². The number of amides is 2. The van der Waals surface area contributed by atoms with Crippen LogP contribution in [0.4, 0.5) is 17.2 Å². The summed E-state index contributed by atoms with van der Waals surface area (Å²) in [5.74, 6) is 0.486. The number of hydrogen-bond donors (Lipinski definition) is 3. The smallest absolute Gasteiger partial charge is 0.255 e. The molecule has 0 saturated heterocycles. The molecule has 4 rings (SSSR count). The first kappa shape index (κ1) is 20.7. The number of carbonyl (C=O) groups excluding carboxylic acids is 2. The highest BCUT2D eigenvalue weighted by atomic mass is 16.2. The van der Waals surface area contributed by atoms with Crippen LogP contribution < -0.4 is 16.4 Å². The van der Waals surface area contributed by atoms with Crippen molar-refractivity contribution in [3.8, 4) is 11.3 Å². The van der Waals surface area contributed by atoms with Crippen molar-refractivity contribution in [2.75, 3.05) is 10.6 Å². The SMILES string of the molecule is Cc1nc(Nc2cccc(C(=O)Nc3ccc(C(N)=O)cc3)c2)cc(-c2ccccc2)n1. The van der Waals surface area contributed by atoms with Gasteiger partial charge in [0.1, 0.15) is 11.6 Å². The second-order valence-corrected chi connectivity index (χ2v) is 7.15. The fourth-order valence-electron chi connectivity index (χ4n) is 3.20. The average molecular weight is 423 g/mol. The van der Waals surface area contributed by atoms with Crippen LogP contribution in [0.1, 0.15) is 26.5 Å². The van der Waals surface area contributed by atoms with Gasteiger partial charge in [-0.05, 0) is 49.4 Å². The molecule has 1 aromatic heterocycles. The van der Waals surface area contributed by atoms with Crippen molar-refractivity contribution in [2.45, 2.75) is 6.92 Å². The fraction of sp³-hybridized carbons (Fsp3) is 0.0400.